The zero-order valence-corrected chi connectivity index (χ0v) is 12.5. The van der Waals surface area contributed by atoms with Crippen LogP contribution in [-0.2, 0) is 22.4 Å². The van der Waals surface area contributed by atoms with Gasteiger partial charge in [0.1, 0.15) is 0 Å². The molecule has 2 amide bonds. The third kappa shape index (κ3) is 5.01. The molecule has 1 heterocycles. The van der Waals surface area contributed by atoms with Gasteiger partial charge in [-0.1, -0.05) is 18.2 Å². The number of carbonyl (C=O) groups is 2. The average Bonchev–Trinajstić information content (AvgIpc) is 2.55. The van der Waals surface area contributed by atoms with E-state index in [0.29, 0.717) is 19.3 Å². The Kier molecular flexibility index (Phi) is 5.65. The Hall–Kier alpha value is -2.69. The van der Waals surface area contributed by atoms with Crippen LogP contribution in [0, 0.1) is 0 Å². The molecule has 0 spiro atoms. The van der Waals surface area contributed by atoms with Crippen molar-refractivity contribution in [3.05, 3.63) is 59.9 Å². The number of likely N-dealkylation sites (N-methyl/N-ethyl adjacent to an activating group) is 1. The van der Waals surface area contributed by atoms with Gasteiger partial charge in [-0.05, 0) is 35.7 Å². The van der Waals surface area contributed by atoms with Gasteiger partial charge in [0.25, 0.3) is 0 Å². The van der Waals surface area contributed by atoms with E-state index < -0.39 is 0 Å². The molecule has 0 atom stereocenters. The molecular formula is C17H19N3O2. The molecule has 0 saturated heterocycles. The molecule has 2 rings (SSSR count). The summed E-state index contributed by atoms with van der Waals surface area (Å²) in [5, 5.41) is 5.43. The van der Waals surface area contributed by atoms with Crippen LogP contribution in [0.5, 0.6) is 0 Å². The number of pyridine rings is 1. The van der Waals surface area contributed by atoms with Gasteiger partial charge in [0, 0.05) is 31.5 Å². The number of carbonyl (C=O) groups excluding carboxylic acids is 2. The second-order valence-corrected chi connectivity index (χ2v) is 4.96. The van der Waals surface area contributed by atoms with E-state index in [1.165, 1.54) is 0 Å². The highest BCUT2D eigenvalue weighted by Crippen LogP contribution is 2.11. The van der Waals surface area contributed by atoms with E-state index in [4.69, 9.17) is 0 Å². The molecule has 2 N–H and O–H groups in total. The number of anilines is 1. The summed E-state index contributed by atoms with van der Waals surface area (Å²) in [6.45, 7) is 0. The van der Waals surface area contributed by atoms with Gasteiger partial charge in [-0.2, -0.15) is 0 Å². The van der Waals surface area contributed by atoms with E-state index in [1.54, 1.807) is 31.6 Å². The highest BCUT2D eigenvalue weighted by atomic mass is 16.2. The van der Waals surface area contributed by atoms with Crippen LogP contribution in [-0.4, -0.2) is 23.8 Å². The summed E-state index contributed by atoms with van der Waals surface area (Å²) in [4.78, 5) is 27.2. The minimum Gasteiger partial charge on any atom is -0.359 e. The van der Waals surface area contributed by atoms with E-state index in [1.807, 2.05) is 24.3 Å². The molecule has 0 saturated carbocycles. The molecule has 0 radical (unpaired) electrons. The Bertz CT molecular complexity index is 624. The van der Waals surface area contributed by atoms with E-state index in [0.717, 1.165) is 16.8 Å². The lowest BCUT2D eigenvalue weighted by molar-refractivity contribution is -0.120. The van der Waals surface area contributed by atoms with Crippen molar-refractivity contribution < 1.29 is 9.59 Å². The van der Waals surface area contributed by atoms with Crippen molar-refractivity contribution in [2.75, 3.05) is 12.4 Å². The molecule has 0 aliphatic heterocycles. The highest BCUT2D eigenvalue weighted by molar-refractivity contribution is 5.90. The van der Waals surface area contributed by atoms with Gasteiger partial charge in [-0.3, -0.25) is 14.6 Å². The number of nitrogens with zero attached hydrogens (tertiary/aromatic N) is 1. The van der Waals surface area contributed by atoms with Crippen molar-refractivity contribution in [2.24, 2.45) is 0 Å². The van der Waals surface area contributed by atoms with Crippen molar-refractivity contribution in [1.82, 2.24) is 10.3 Å². The average molecular weight is 297 g/mol. The van der Waals surface area contributed by atoms with Crippen molar-refractivity contribution >= 4 is 17.5 Å². The molecule has 0 fully saturated rings. The number of rotatable bonds is 6. The Morgan fingerprint density at radius 3 is 2.45 bits per heavy atom. The summed E-state index contributed by atoms with van der Waals surface area (Å²) in [6, 6.07) is 11.1. The van der Waals surface area contributed by atoms with Gasteiger partial charge in [0.15, 0.2) is 0 Å². The first-order valence-electron chi connectivity index (χ1n) is 7.15. The number of benzene rings is 1. The van der Waals surface area contributed by atoms with Crippen molar-refractivity contribution in [3.63, 3.8) is 0 Å². The molecule has 2 aromatic rings. The maximum atomic E-state index is 11.9. The maximum absolute atomic E-state index is 11.9. The van der Waals surface area contributed by atoms with Gasteiger partial charge in [0.05, 0.1) is 6.42 Å². The molecule has 5 nitrogen and oxygen atoms in total. The molecule has 0 aliphatic carbocycles. The molecule has 1 aromatic carbocycles. The summed E-state index contributed by atoms with van der Waals surface area (Å²) in [6.07, 6.45) is 4.89. The third-order valence-corrected chi connectivity index (χ3v) is 3.24. The number of aryl methyl sites for hydroxylation is 1. The van der Waals surface area contributed by atoms with Gasteiger partial charge in [-0.15, -0.1) is 0 Å². The largest absolute Gasteiger partial charge is 0.359 e. The van der Waals surface area contributed by atoms with Gasteiger partial charge in [-0.25, -0.2) is 0 Å². The number of amides is 2. The summed E-state index contributed by atoms with van der Waals surface area (Å²) in [5.41, 5.74) is 2.68. The Morgan fingerprint density at radius 2 is 1.82 bits per heavy atom. The second kappa shape index (κ2) is 7.93. The number of aromatic nitrogens is 1. The standard InChI is InChI=1S/C17H19N3O2/c1-18-17(22)11-13-4-7-15(8-5-13)20-16(21)9-6-14-3-2-10-19-12-14/h2-5,7-8,10,12H,6,9,11H2,1H3,(H,18,22)(H,20,21). The lowest BCUT2D eigenvalue weighted by Gasteiger charge is -2.06. The van der Waals surface area contributed by atoms with Crippen molar-refractivity contribution in [1.29, 1.82) is 0 Å². The van der Waals surface area contributed by atoms with Crippen LogP contribution in [0.4, 0.5) is 5.69 Å². The highest BCUT2D eigenvalue weighted by Gasteiger charge is 2.05. The van der Waals surface area contributed by atoms with E-state index >= 15 is 0 Å². The van der Waals surface area contributed by atoms with Crippen LogP contribution in [0.2, 0.25) is 0 Å². The molecule has 1 aromatic heterocycles. The second-order valence-electron chi connectivity index (χ2n) is 4.96. The lowest BCUT2D eigenvalue weighted by atomic mass is 10.1. The number of nitrogens with one attached hydrogen (secondary N) is 2. The van der Waals surface area contributed by atoms with Crippen LogP contribution in [0.25, 0.3) is 0 Å². The van der Waals surface area contributed by atoms with Gasteiger partial charge in [0.2, 0.25) is 11.8 Å². The summed E-state index contributed by atoms with van der Waals surface area (Å²) in [7, 11) is 1.61. The van der Waals surface area contributed by atoms with Crippen LogP contribution in [0.3, 0.4) is 0 Å². The quantitative estimate of drug-likeness (QED) is 0.856. The van der Waals surface area contributed by atoms with Crippen LogP contribution >= 0.6 is 0 Å². The minimum atomic E-state index is -0.0390. The summed E-state index contributed by atoms with van der Waals surface area (Å²) < 4.78 is 0. The summed E-state index contributed by atoms with van der Waals surface area (Å²) >= 11 is 0. The first kappa shape index (κ1) is 15.7. The fourth-order valence-corrected chi connectivity index (χ4v) is 2.01. The van der Waals surface area contributed by atoms with Crippen molar-refractivity contribution in [3.8, 4) is 0 Å². The van der Waals surface area contributed by atoms with Crippen molar-refractivity contribution in [2.45, 2.75) is 19.3 Å². The molecule has 0 bridgehead atoms. The molecule has 114 valence electrons. The topological polar surface area (TPSA) is 71.1 Å². The molecule has 0 aliphatic rings. The van der Waals surface area contributed by atoms with Crippen LogP contribution in [0.1, 0.15) is 17.5 Å². The maximum Gasteiger partial charge on any atom is 0.224 e. The Labute approximate surface area is 129 Å². The molecule has 22 heavy (non-hydrogen) atoms. The summed E-state index contributed by atoms with van der Waals surface area (Å²) in [5.74, 6) is -0.0730. The fraction of sp³-hybridized carbons (Fsp3) is 0.235. The third-order valence-electron chi connectivity index (χ3n) is 3.24. The Morgan fingerprint density at radius 1 is 1.05 bits per heavy atom. The predicted octanol–water partition coefficient (Wildman–Crippen LogP) is 1.94. The Balaban J connectivity index is 1.82. The first-order valence-corrected chi connectivity index (χ1v) is 7.15. The van der Waals surface area contributed by atoms with E-state index in [2.05, 4.69) is 15.6 Å². The van der Waals surface area contributed by atoms with Gasteiger partial charge < -0.3 is 10.6 Å². The predicted molar refractivity (Wildman–Crippen MR) is 85.4 cm³/mol. The van der Waals surface area contributed by atoms with Crippen LogP contribution in [0.15, 0.2) is 48.8 Å². The van der Waals surface area contributed by atoms with E-state index in [-0.39, 0.29) is 11.8 Å². The minimum absolute atomic E-state index is 0.0340. The normalized spacial score (nSPS) is 10.0. The SMILES string of the molecule is CNC(=O)Cc1ccc(NC(=O)CCc2cccnc2)cc1. The number of hydrogen-bond donors (Lipinski definition) is 2. The smallest absolute Gasteiger partial charge is 0.224 e. The zero-order chi connectivity index (χ0) is 15.8. The first-order chi connectivity index (χ1) is 10.7. The monoisotopic (exact) mass is 297 g/mol. The molecule has 0 unspecified atom stereocenters. The van der Waals surface area contributed by atoms with Gasteiger partial charge >= 0.3 is 0 Å². The lowest BCUT2D eigenvalue weighted by Crippen LogP contribution is -2.19. The molecular weight excluding hydrogens is 278 g/mol. The van der Waals surface area contributed by atoms with E-state index in [9.17, 15) is 9.59 Å². The molecule has 5 heteroatoms. The zero-order valence-electron chi connectivity index (χ0n) is 12.5. The number of hydrogen-bond acceptors (Lipinski definition) is 3. The van der Waals surface area contributed by atoms with Crippen LogP contribution < -0.4 is 10.6 Å². The fourth-order valence-electron chi connectivity index (χ4n) is 2.01.